The lowest BCUT2D eigenvalue weighted by Crippen LogP contribution is -2.58. The van der Waals surface area contributed by atoms with Gasteiger partial charge >= 0.3 is 6.18 Å². The molecule has 4 aromatic rings. The number of halogens is 4. The second kappa shape index (κ2) is 16.3. The number of carbonyl (C=O) groups is 1. The average molecular weight is 825 g/mol. The minimum absolute atomic E-state index is 0.00263. The molecule has 2 N–H and O–H groups in total. The number of nitrogens with one attached hydrogen (secondary N) is 2. The third kappa shape index (κ3) is 8.82. The van der Waals surface area contributed by atoms with E-state index in [2.05, 4.69) is 37.0 Å². The minimum atomic E-state index is -4.52. The number of piperidine rings is 1. The van der Waals surface area contributed by atoms with Crippen molar-refractivity contribution in [3.8, 4) is 0 Å². The fourth-order valence-electron chi connectivity index (χ4n) is 8.35. The van der Waals surface area contributed by atoms with Gasteiger partial charge in [-0.15, -0.1) is 0 Å². The molecule has 18 heteroatoms. The molecule has 0 bridgehead atoms. The van der Waals surface area contributed by atoms with Gasteiger partial charge in [-0.2, -0.15) is 18.2 Å². The summed E-state index contributed by atoms with van der Waals surface area (Å²) in [5, 5.41) is 7.97. The molecular formula is C40H48F4N10O3S. The van der Waals surface area contributed by atoms with E-state index >= 15 is 4.39 Å². The molecule has 3 aromatic heterocycles. The largest absolute Gasteiger partial charge is 0.433 e. The Morgan fingerprint density at radius 2 is 1.76 bits per heavy atom. The van der Waals surface area contributed by atoms with Crippen molar-refractivity contribution in [1.29, 1.82) is 0 Å². The van der Waals surface area contributed by atoms with Crippen LogP contribution in [-0.2, 0) is 20.8 Å². The Morgan fingerprint density at radius 3 is 2.41 bits per heavy atom. The Bertz CT molecular complexity index is 2290. The van der Waals surface area contributed by atoms with Crippen molar-refractivity contribution in [3.05, 3.63) is 72.7 Å². The maximum Gasteiger partial charge on any atom is 0.433 e. The fourth-order valence-corrected chi connectivity index (χ4v) is 9.51. The Balaban J connectivity index is 1.06. The van der Waals surface area contributed by atoms with Crippen LogP contribution in [-0.4, -0.2) is 115 Å². The molecule has 7 rings (SSSR count). The number of sulfone groups is 1. The highest BCUT2D eigenvalue weighted by Crippen LogP contribution is 2.43. The van der Waals surface area contributed by atoms with Gasteiger partial charge in [-0.3, -0.25) is 9.69 Å². The van der Waals surface area contributed by atoms with Crippen LogP contribution < -0.4 is 25.3 Å². The SMILES string of the molecule is C=CC(=O)Nc1cc(N2C[C@H](CS(C)(=O)=O)[C@H]2C)c2cnc(Nc3ccnc(N4CC[C@@H](N5CCN(c6cccc(C(F)(F)F)n6)CC5)[C@@H](F)C4)n3)cc2c1C(C)C. The van der Waals surface area contributed by atoms with Crippen LogP contribution in [0.1, 0.15) is 44.4 Å². The van der Waals surface area contributed by atoms with Crippen LogP contribution in [0, 0.1) is 5.92 Å². The molecule has 0 saturated carbocycles. The van der Waals surface area contributed by atoms with Gasteiger partial charge in [0.1, 0.15) is 39.2 Å². The molecule has 58 heavy (non-hydrogen) atoms. The zero-order valence-corrected chi connectivity index (χ0v) is 33.7. The lowest BCUT2D eigenvalue weighted by atomic mass is 9.88. The Morgan fingerprint density at radius 1 is 1.00 bits per heavy atom. The number of nitrogens with zero attached hydrogens (tertiary/aromatic N) is 8. The van der Waals surface area contributed by atoms with E-state index in [1.165, 1.54) is 18.4 Å². The molecule has 3 aliphatic rings. The molecular weight excluding hydrogens is 777 g/mol. The van der Waals surface area contributed by atoms with Gasteiger partial charge in [0.15, 0.2) is 0 Å². The monoisotopic (exact) mass is 824 g/mol. The van der Waals surface area contributed by atoms with Crippen molar-refractivity contribution < 1.29 is 30.8 Å². The van der Waals surface area contributed by atoms with Crippen LogP contribution >= 0.6 is 0 Å². The predicted molar refractivity (Wildman–Crippen MR) is 219 cm³/mol. The highest BCUT2D eigenvalue weighted by atomic mass is 32.2. The van der Waals surface area contributed by atoms with Crippen molar-refractivity contribution in [2.75, 3.05) is 83.2 Å². The van der Waals surface area contributed by atoms with Crippen LogP contribution in [0.3, 0.4) is 0 Å². The highest BCUT2D eigenvalue weighted by molar-refractivity contribution is 7.90. The van der Waals surface area contributed by atoms with Gasteiger partial charge in [0.2, 0.25) is 11.9 Å². The van der Waals surface area contributed by atoms with E-state index in [-0.39, 0.29) is 47.9 Å². The highest BCUT2D eigenvalue weighted by Gasteiger charge is 2.40. The van der Waals surface area contributed by atoms with Gasteiger partial charge in [-0.25, -0.2) is 27.8 Å². The van der Waals surface area contributed by atoms with Gasteiger partial charge in [-0.1, -0.05) is 26.5 Å². The maximum atomic E-state index is 15.9. The lowest BCUT2D eigenvalue weighted by Gasteiger charge is -2.48. The normalized spacial score (nSPS) is 21.9. The van der Waals surface area contributed by atoms with Gasteiger partial charge in [0, 0.05) is 92.7 Å². The Labute approximate surface area is 335 Å². The summed E-state index contributed by atoms with van der Waals surface area (Å²) >= 11 is 0. The summed E-state index contributed by atoms with van der Waals surface area (Å²) in [5.41, 5.74) is 1.42. The van der Waals surface area contributed by atoms with Gasteiger partial charge < -0.3 is 25.3 Å². The van der Waals surface area contributed by atoms with E-state index in [0.29, 0.717) is 69.0 Å². The number of amides is 1. The number of hydrogen-bond acceptors (Lipinski definition) is 12. The molecule has 0 radical (unpaired) electrons. The van der Waals surface area contributed by atoms with E-state index in [1.54, 1.807) is 29.4 Å². The first-order valence-corrected chi connectivity index (χ1v) is 21.4. The lowest BCUT2D eigenvalue weighted by molar-refractivity contribution is -0.141. The van der Waals surface area contributed by atoms with Crippen LogP contribution in [0.2, 0.25) is 0 Å². The molecule has 0 aliphatic carbocycles. The third-order valence-electron chi connectivity index (χ3n) is 11.3. The smallest absolute Gasteiger partial charge is 0.367 e. The topological polar surface area (TPSA) is 140 Å². The number of rotatable bonds is 11. The second-order valence-electron chi connectivity index (χ2n) is 15.7. The third-order valence-corrected chi connectivity index (χ3v) is 12.3. The van der Waals surface area contributed by atoms with Crippen molar-refractivity contribution in [2.24, 2.45) is 5.92 Å². The number of pyridine rings is 2. The summed E-state index contributed by atoms with van der Waals surface area (Å²) in [4.78, 5) is 38.1. The number of hydrogen-bond donors (Lipinski definition) is 2. The first kappa shape index (κ1) is 41.1. The molecule has 0 unspecified atom stereocenters. The van der Waals surface area contributed by atoms with E-state index in [4.69, 9.17) is 9.97 Å². The summed E-state index contributed by atoms with van der Waals surface area (Å²) in [5.74, 6) is 1.28. The number of fused-ring (bicyclic) bond motifs is 1. The number of anilines is 6. The number of alkyl halides is 4. The Hall–Kier alpha value is -5.10. The molecule has 310 valence electrons. The summed E-state index contributed by atoms with van der Waals surface area (Å²) in [6, 6.07) is 9.01. The zero-order valence-electron chi connectivity index (χ0n) is 32.9. The summed E-state index contributed by atoms with van der Waals surface area (Å²) in [6.45, 7) is 12.7. The number of aromatic nitrogens is 4. The summed E-state index contributed by atoms with van der Waals surface area (Å²) in [7, 11) is -3.16. The number of carbonyl (C=O) groups excluding carboxylic acids is 1. The maximum absolute atomic E-state index is 15.9. The summed E-state index contributed by atoms with van der Waals surface area (Å²) in [6.07, 6.45) is 0.626. The standard InChI is InChI=1S/C40H48F4N10O3S/c1-6-37(55)47-30-19-32(54-21-26(25(54)4)23-58(5,56)57)28-20-46-35(18-27(28)38(30)24(2)3)49-34-10-12-45-39(50-34)53-13-11-31(29(41)22-53)51-14-16-52(17-15-51)36-9-7-8-33(48-36)40(42,43)44/h6-10,12,18-20,24-26,29,31H,1,11,13-17,21-23H2,2-5H3,(H,47,55)(H,45,46,49,50)/t25-,26-,29+,31-/m1/s1. The van der Waals surface area contributed by atoms with E-state index in [9.17, 15) is 26.4 Å². The van der Waals surface area contributed by atoms with Gasteiger partial charge in [0.25, 0.3) is 0 Å². The van der Waals surface area contributed by atoms with Gasteiger partial charge in [0.05, 0.1) is 12.3 Å². The molecule has 3 saturated heterocycles. The quantitative estimate of drug-likeness (QED) is 0.135. The van der Waals surface area contributed by atoms with Crippen LogP contribution in [0.5, 0.6) is 0 Å². The predicted octanol–water partition coefficient (Wildman–Crippen LogP) is 6.04. The molecule has 3 aliphatic heterocycles. The fraction of sp³-hybridized carbons (Fsp3) is 0.475. The zero-order chi connectivity index (χ0) is 41.5. The van der Waals surface area contributed by atoms with Gasteiger partial charge in [-0.05, 0) is 66.6 Å². The molecule has 1 aromatic carbocycles. The minimum Gasteiger partial charge on any atom is -0.367 e. The molecule has 4 atom stereocenters. The van der Waals surface area contributed by atoms with Crippen molar-refractivity contribution in [3.63, 3.8) is 0 Å². The average Bonchev–Trinajstić information content (AvgIpc) is 3.18. The Kier molecular flexibility index (Phi) is 11.5. The first-order chi connectivity index (χ1) is 27.5. The molecule has 1 amide bonds. The van der Waals surface area contributed by atoms with E-state index in [1.807, 2.05) is 37.8 Å². The number of piperazine rings is 1. The summed E-state index contributed by atoms with van der Waals surface area (Å²) < 4.78 is 79.7. The molecule has 6 heterocycles. The first-order valence-electron chi connectivity index (χ1n) is 19.4. The molecule has 13 nitrogen and oxygen atoms in total. The number of benzene rings is 1. The second-order valence-corrected chi connectivity index (χ2v) is 17.8. The van der Waals surface area contributed by atoms with Crippen molar-refractivity contribution in [2.45, 2.75) is 57.5 Å². The van der Waals surface area contributed by atoms with E-state index in [0.717, 1.165) is 28.1 Å². The van der Waals surface area contributed by atoms with Crippen LogP contribution in [0.15, 0.2) is 61.4 Å². The van der Waals surface area contributed by atoms with Crippen molar-refractivity contribution >= 4 is 61.3 Å². The van der Waals surface area contributed by atoms with E-state index < -0.39 is 27.9 Å². The molecule has 3 fully saturated rings. The van der Waals surface area contributed by atoms with Crippen molar-refractivity contribution in [1.82, 2.24) is 24.8 Å². The molecule has 0 spiro atoms. The van der Waals surface area contributed by atoms with Crippen LogP contribution in [0.4, 0.5) is 52.3 Å². The van der Waals surface area contributed by atoms with Crippen LogP contribution in [0.25, 0.3) is 10.8 Å².